The molecule has 2 aromatic carbocycles. The number of likely N-dealkylation sites (tertiary alicyclic amines) is 1. The number of nitriles is 1. The third-order valence-corrected chi connectivity index (χ3v) is 8.41. The molecule has 1 amide bonds. The summed E-state index contributed by atoms with van der Waals surface area (Å²) in [6.45, 7) is 4.26. The summed E-state index contributed by atoms with van der Waals surface area (Å²) < 4.78 is 5.29. The van der Waals surface area contributed by atoms with Crippen LogP contribution in [0.25, 0.3) is 0 Å². The molecule has 0 radical (unpaired) electrons. The molecule has 35 heavy (non-hydrogen) atoms. The molecule has 3 fully saturated rings. The molecule has 6 heteroatoms. The van der Waals surface area contributed by atoms with E-state index in [0.717, 1.165) is 30.1 Å². The van der Waals surface area contributed by atoms with E-state index in [-0.39, 0.29) is 11.8 Å². The Bertz CT molecular complexity index is 1170. The standard InChI is InChI=1S/C29H32N4O2/c1-35-25-10-8-24(9-11-25)33-19-21(18-30)26-12-17-32(28(34)27(26)33)23-6-4-22(5-7-23)29(13-14-29)20-31-15-2-3-16-31/h4-11,19,26-27H,2-3,12-17,20H2,1H3. The van der Waals surface area contributed by atoms with E-state index in [1.165, 1.54) is 44.3 Å². The average Bonchev–Trinajstić information content (AvgIpc) is 3.31. The summed E-state index contributed by atoms with van der Waals surface area (Å²) in [7, 11) is 1.64. The molecule has 180 valence electrons. The second-order valence-corrected chi connectivity index (χ2v) is 10.4. The minimum Gasteiger partial charge on any atom is -0.497 e. The zero-order valence-electron chi connectivity index (χ0n) is 20.3. The number of amides is 1. The number of anilines is 2. The van der Waals surface area contributed by atoms with Crippen molar-refractivity contribution in [2.75, 3.05) is 43.1 Å². The highest BCUT2D eigenvalue weighted by atomic mass is 16.5. The summed E-state index contributed by atoms with van der Waals surface area (Å²) in [4.78, 5) is 20.3. The Kier molecular flexibility index (Phi) is 5.53. The Hall–Kier alpha value is -3.30. The molecule has 1 aliphatic carbocycles. The first-order chi connectivity index (χ1) is 17.1. The summed E-state index contributed by atoms with van der Waals surface area (Å²) in [5, 5.41) is 9.74. The Morgan fingerprint density at radius 1 is 1.00 bits per heavy atom. The highest BCUT2D eigenvalue weighted by Gasteiger charge is 2.47. The Balaban J connectivity index is 1.22. The molecular weight excluding hydrogens is 436 g/mol. The Labute approximate surface area is 207 Å². The molecule has 2 aromatic rings. The van der Waals surface area contributed by atoms with Crippen LogP contribution in [0.2, 0.25) is 0 Å². The Morgan fingerprint density at radius 3 is 2.31 bits per heavy atom. The molecule has 2 unspecified atom stereocenters. The number of rotatable bonds is 6. The van der Waals surface area contributed by atoms with Crippen molar-refractivity contribution >= 4 is 17.3 Å². The van der Waals surface area contributed by atoms with Crippen LogP contribution in [0.5, 0.6) is 5.75 Å². The molecule has 0 N–H and O–H groups in total. The number of benzene rings is 2. The molecule has 6 nitrogen and oxygen atoms in total. The van der Waals surface area contributed by atoms with Gasteiger partial charge in [0, 0.05) is 42.0 Å². The maximum absolute atomic E-state index is 13.8. The molecule has 4 aliphatic rings. The normalized spacial score (nSPS) is 25.3. The molecule has 3 heterocycles. The lowest BCUT2D eigenvalue weighted by Gasteiger charge is -2.38. The maximum Gasteiger partial charge on any atom is 0.250 e. The molecule has 1 saturated carbocycles. The van der Waals surface area contributed by atoms with Gasteiger partial charge >= 0.3 is 0 Å². The minimum absolute atomic E-state index is 0.0597. The van der Waals surface area contributed by atoms with Gasteiger partial charge in [0.25, 0.3) is 5.91 Å². The van der Waals surface area contributed by atoms with Crippen molar-refractivity contribution in [1.82, 2.24) is 4.90 Å². The number of ether oxygens (including phenoxy) is 1. The lowest BCUT2D eigenvalue weighted by molar-refractivity contribution is -0.121. The molecule has 0 spiro atoms. The summed E-state index contributed by atoms with van der Waals surface area (Å²) in [6.07, 6.45) is 7.80. The fourth-order valence-corrected chi connectivity index (χ4v) is 6.24. The lowest BCUT2D eigenvalue weighted by Crippen LogP contribution is -2.53. The monoisotopic (exact) mass is 468 g/mol. The van der Waals surface area contributed by atoms with Gasteiger partial charge < -0.3 is 19.4 Å². The van der Waals surface area contributed by atoms with Crippen LogP contribution in [0, 0.1) is 17.2 Å². The maximum atomic E-state index is 13.8. The predicted octanol–water partition coefficient (Wildman–Crippen LogP) is 4.47. The smallest absolute Gasteiger partial charge is 0.250 e. The van der Waals surface area contributed by atoms with Gasteiger partial charge in [-0.15, -0.1) is 0 Å². The fraction of sp³-hybridized carbons (Fsp3) is 0.448. The van der Waals surface area contributed by atoms with E-state index >= 15 is 0 Å². The molecule has 2 saturated heterocycles. The SMILES string of the molecule is COc1ccc(N2C=C(C#N)C3CCN(c4ccc(C5(CN6CCCC6)CC5)cc4)C(=O)C32)cc1. The van der Waals surface area contributed by atoms with Crippen LogP contribution in [0.3, 0.4) is 0 Å². The van der Waals surface area contributed by atoms with E-state index in [2.05, 4.69) is 35.2 Å². The minimum atomic E-state index is -0.392. The first kappa shape index (κ1) is 22.2. The van der Waals surface area contributed by atoms with Crippen LogP contribution < -0.4 is 14.5 Å². The van der Waals surface area contributed by atoms with E-state index in [1.807, 2.05) is 40.3 Å². The van der Waals surface area contributed by atoms with E-state index < -0.39 is 6.04 Å². The first-order valence-corrected chi connectivity index (χ1v) is 12.8. The number of fused-ring (bicyclic) bond motifs is 1. The van der Waals surface area contributed by atoms with Crippen molar-refractivity contribution in [3.8, 4) is 11.8 Å². The average molecular weight is 469 g/mol. The molecule has 0 bridgehead atoms. The second-order valence-electron chi connectivity index (χ2n) is 10.4. The number of hydrogen-bond acceptors (Lipinski definition) is 5. The van der Waals surface area contributed by atoms with Gasteiger partial charge in [0.1, 0.15) is 11.8 Å². The third kappa shape index (κ3) is 3.88. The van der Waals surface area contributed by atoms with Crippen LogP contribution in [-0.4, -0.2) is 50.1 Å². The van der Waals surface area contributed by atoms with Crippen molar-refractivity contribution in [2.45, 2.75) is 43.6 Å². The fourth-order valence-electron chi connectivity index (χ4n) is 6.24. The van der Waals surface area contributed by atoms with Crippen molar-refractivity contribution in [3.05, 3.63) is 65.9 Å². The molecule has 6 rings (SSSR count). The van der Waals surface area contributed by atoms with Crippen molar-refractivity contribution in [1.29, 1.82) is 5.26 Å². The first-order valence-electron chi connectivity index (χ1n) is 12.8. The number of piperidine rings is 1. The van der Waals surface area contributed by atoms with Gasteiger partial charge in [-0.05, 0) is 87.2 Å². The van der Waals surface area contributed by atoms with E-state index in [1.54, 1.807) is 7.11 Å². The van der Waals surface area contributed by atoms with E-state index in [0.29, 0.717) is 17.5 Å². The second kappa shape index (κ2) is 8.73. The van der Waals surface area contributed by atoms with Crippen LogP contribution in [0.4, 0.5) is 11.4 Å². The van der Waals surface area contributed by atoms with Gasteiger partial charge in [0.05, 0.1) is 18.8 Å². The van der Waals surface area contributed by atoms with E-state index in [9.17, 15) is 10.1 Å². The highest BCUT2D eigenvalue weighted by Crippen LogP contribution is 2.49. The predicted molar refractivity (Wildman–Crippen MR) is 136 cm³/mol. The molecule has 3 aliphatic heterocycles. The van der Waals surface area contributed by atoms with Crippen LogP contribution in [-0.2, 0) is 10.2 Å². The summed E-state index contributed by atoms with van der Waals surface area (Å²) in [6, 6.07) is 18.4. The summed E-state index contributed by atoms with van der Waals surface area (Å²) in [5.74, 6) is 0.758. The topological polar surface area (TPSA) is 59.8 Å². The largest absolute Gasteiger partial charge is 0.497 e. The number of carbonyl (C=O) groups excluding carboxylic acids is 1. The molecular formula is C29H32N4O2. The molecule has 2 atom stereocenters. The number of methoxy groups -OCH3 is 1. The van der Waals surface area contributed by atoms with Crippen molar-refractivity contribution in [2.24, 2.45) is 5.92 Å². The number of nitrogens with zero attached hydrogens (tertiary/aromatic N) is 4. The zero-order valence-corrected chi connectivity index (χ0v) is 20.3. The van der Waals surface area contributed by atoms with Crippen molar-refractivity contribution in [3.63, 3.8) is 0 Å². The van der Waals surface area contributed by atoms with Gasteiger partial charge in [0.15, 0.2) is 0 Å². The number of carbonyl (C=O) groups is 1. The summed E-state index contributed by atoms with van der Waals surface area (Å²) >= 11 is 0. The number of hydrogen-bond donors (Lipinski definition) is 0. The van der Waals surface area contributed by atoms with Crippen molar-refractivity contribution < 1.29 is 9.53 Å². The quantitative estimate of drug-likeness (QED) is 0.626. The van der Waals surface area contributed by atoms with Gasteiger partial charge in [0.2, 0.25) is 0 Å². The molecule has 0 aromatic heterocycles. The van der Waals surface area contributed by atoms with Gasteiger partial charge in [-0.3, -0.25) is 4.79 Å². The summed E-state index contributed by atoms with van der Waals surface area (Å²) in [5.41, 5.74) is 4.25. The van der Waals surface area contributed by atoms with Crippen LogP contribution in [0.1, 0.15) is 37.7 Å². The zero-order chi connectivity index (χ0) is 24.0. The highest BCUT2D eigenvalue weighted by molar-refractivity contribution is 6.01. The van der Waals surface area contributed by atoms with Gasteiger partial charge in [-0.2, -0.15) is 5.26 Å². The lowest BCUT2D eigenvalue weighted by atomic mass is 9.87. The van der Waals surface area contributed by atoms with Gasteiger partial charge in [-0.1, -0.05) is 12.1 Å². The van der Waals surface area contributed by atoms with Crippen LogP contribution in [0.15, 0.2) is 60.3 Å². The Morgan fingerprint density at radius 2 is 1.69 bits per heavy atom. The van der Waals surface area contributed by atoms with Crippen LogP contribution >= 0.6 is 0 Å². The van der Waals surface area contributed by atoms with E-state index in [4.69, 9.17) is 4.74 Å². The van der Waals surface area contributed by atoms with Gasteiger partial charge in [-0.25, -0.2) is 0 Å². The third-order valence-electron chi connectivity index (χ3n) is 8.41.